The monoisotopic (exact) mass is 299 g/mol. The number of hydrogen-bond acceptors (Lipinski definition) is 4. The van der Waals surface area contributed by atoms with Gasteiger partial charge in [-0.3, -0.25) is 4.79 Å². The van der Waals surface area contributed by atoms with Crippen molar-refractivity contribution in [2.45, 2.75) is 13.3 Å². The summed E-state index contributed by atoms with van der Waals surface area (Å²) >= 11 is 1.62. The molecule has 1 aromatic carbocycles. The normalized spacial score (nSPS) is 9.81. The number of nitrogens with zero attached hydrogens (tertiary/aromatic N) is 1. The van der Waals surface area contributed by atoms with Gasteiger partial charge in [0.2, 0.25) is 0 Å². The number of hydrogen-bond donors (Lipinski definition) is 2. The Morgan fingerprint density at radius 2 is 2.33 bits per heavy atom. The molecule has 0 spiro atoms. The maximum atomic E-state index is 12.1. The number of thiazole rings is 1. The zero-order chi connectivity index (χ0) is 15.1. The van der Waals surface area contributed by atoms with E-state index in [0.29, 0.717) is 18.7 Å². The number of aryl methyl sites for hydroxylation is 1. The lowest BCUT2D eigenvalue weighted by Crippen LogP contribution is -2.25. The SMILES string of the molecule is Cc1nc(CCNC(=O)c2cccc(C#CCN)c2)cs1. The molecule has 5 heteroatoms. The van der Waals surface area contributed by atoms with Gasteiger partial charge in [-0.15, -0.1) is 11.3 Å². The van der Waals surface area contributed by atoms with Crippen LogP contribution in [0, 0.1) is 18.8 Å². The molecular weight excluding hydrogens is 282 g/mol. The number of aromatic nitrogens is 1. The second-order valence-electron chi connectivity index (χ2n) is 4.45. The molecule has 0 saturated carbocycles. The average Bonchev–Trinajstić information content (AvgIpc) is 2.91. The standard InChI is InChI=1S/C16H17N3OS/c1-12-19-15(11-21-12)7-9-18-16(20)14-6-2-4-13(10-14)5-3-8-17/h2,4,6,10-11H,7-9,17H2,1H3,(H,18,20). The number of amides is 1. The van der Waals surface area contributed by atoms with Crippen LogP contribution in [0.5, 0.6) is 0 Å². The fourth-order valence-electron chi connectivity index (χ4n) is 1.82. The van der Waals surface area contributed by atoms with Crippen LogP contribution in [0.4, 0.5) is 0 Å². The molecule has 4 nitrogen and oxygen atoms in total. The van der Waals surface area contributed by atoms with E-state index < -0.39 is 0 Å². The molecule has 1 heterocycles. The molecule has 0 radical (unpaired) electrons. The third kappa shape index (κ3) is 4.71. The highest BCUT2D eigenvalue weighted by molar-refractivity contribution is 7.09. The van der Waals surface area contributed by atoms with Gasteiger partial charge in [0.15, 0.2) is 0 Å². The Balaban J connectivity index is 1.91. The van der Waals surface area contributed by atoms with Gasteiger partial charge in [0, 0.05) is 29.5 Å². The molecule has 0 saturated heterocycles. The van der Waals surface area contributed by atoms with Crippen molar-refractivity contribution in [3.05, 3.63) is 51.5 Å². The van der Waals surface area contributed by atoms with Crippen LogP contribution >= 0.6 is 11.3 Å². The van der Waals surface area contributed by atoms with Crippen molar-refractivity contribution in [3.8, 4) is 11.8 Å². The molecule has 0 bridgehead atoms. The van der Waals surface area contributed by atoms with E-state index in [4.69, 9.17) is 5.73 Å². The molecule has 0 aliphatic heterocycles. The highest BCUT2D eigenvalue weighted by Crippen LogP contribution is 2.08. The summed E-state index contributed by atoms with van der Waals surface area (Å²) in [6.45, 7) is 2.85. The number of carbonyl (C=O) groups excluding carboxylic acids is 1. The van der Waals surface area contributed by atoms with Crippen LogP contribution in [-0.2, 0) is 6.42 Å². The first kappa shape index (κ1) is 15.2. The minimum Gasteiger partial charge on any atom is -0.352 e. The van der Waals surface area contributed by atoms with E-state index in [9.17, 15) is 4.79 Å². The topological polar surface area (TPSA) is 68.0 Å². The van der Waals surface area contributed by atoms with Gasteiger partial charge in [-0.1, -0.05) is 17.9 Å². The summed E-state index contributed by atoms with van der Waals surface area (Å²) in [6, 6.07) is 7.22. The van der Waals surface area contributed by atoms with Gasteiger partial charge in [0.25, 0.3) is 5.91 Å². The number of nitrogens with two attached hydrogens (primary N) is 1. The number of nitrogens with one attached hydrogen (secondary N) is 1. The summed E-state index contributed by atoms with van der Waals surface area (Å²) in [5, 5.41) is 5.96. The summed E-state index contributed by atoms with van der Waals surface area (Å²) in [5.41, 5.74) is 7.75. The van der Waals surface area contributed by atoms with Crippen LogP contribution in [0.15, 0.2) is 29.6 Å². The number of benzene rings is 1. The van der Waals surface area contributed by atoms with E-state index in [1.807, 2.05) is 24.4 Å². The smallest absolute Gasteiger partial charge is 0.251 e. The van der Waals surface area contributed by atoms with Crippen LogP contribution in [0.1, 0.15) is 26.6 Å². The van der Waals surface area contributed by atoms with E-state index in [1.54, 1.807) is 23.5 Å². The summed E-state index contributed by atoms with van der Waals surface area (Å²) < 4.78 is 0. The van der Waals surface area contributed by atoms with E-state index in [1.165, 1.54) is 0 Å². The van der Waals surface area contributed by atoms with Crippen LogP contribution in [0.2, 0.25) is 0 Å². The third-order valence-corrected chi connectivity index (χ3v) is 3.62. The van der Waals surface area contributed by atoms with Crippen molar-refractivity contribution in [1.29, 1.82) is 0 Å². The van der Waals surface area contributed by atoms with Gasteiger partial charge in [0.05, 0.1) is 17.2 Å². The minimum atomic E-state index is -0.0987. The number of rotatable bonds is 4. The Kier molecular flexibility index (Phi) is 5.50. The molecular formula is C16H17N3OS. The van der Waals surface area contributed by atoms with E-state index in [0.717, 1.165) is 22.7 Å². The molecule has 2 rings (SSSR count). The largest absolute Gasteiger partial charge is 0.352 e. The van der Waals surface area contributed by atoms with Gasteiger partial charge < -0.3 is 11.1 Å². The summed E-state index contributed by atoms with van der Waals surface area (Å²) in [6.07, 6.45) is 0.739. The molecule has 0 atom stereocenters. The minimum absolute atomic E-state index is 0.0987. The maximum Gasteiger partial charge on any atom is 0.251 e. The summed E-state index contributed by atoms with van der Waals surface area (Å²) in [7, 11) is 0. The quantitative estimate of drug-likeness (QED) is 0.845. The van der Waals surface area contributed by atoms with Crippen LogP contribution in [-0.4, -0.2) is 24.0 Å². The van der Waals surface area contributed by atoms with Gasteiger partial charge in [-0.2, -0.15) is 0 Å². The van der Waals surface area contributed by atoms with Gasteiger partial charge >= 0.3 is 0 Å². The summed E-state index contributed by atoms with van der Waals surface area (Å²) in [4.78, 5) is 16.4. The first-order valence-corrected chi connectivity index (χ1v) is 7.55. The average molecular weight is 299 g/mol. The van der Waals surface area contributed by atoms with E-state index in [-0.39, 0.29) is 5.91 Å². The van der Waals surface area contributed by atoms with Gasteiger partial charge in [0.1, 0.15) is 0 Å². The Morgan fingerprint density at radius 3 is 3.05 bits per heavy atom. The van der Waals surface area contributed by atoms with Crippen molar-refractivity contribution >= 4 is 17.2 Å². The van der Waals surface area contributed by atoms with Crippen molar-refractivity contribution < 1.29 is 4.79 Å². The fraction of sp³-hybridized carbons (Fsp3) is 0.250. The zero-order valence-corrected chi connectivity index (χ0v) is 12.7. The molecule has 3 N–H and O–H groups in total. The van der Waals surface area contributed by atoms with E-state index >= 15 is 0 Å². The Morgan fingerprint density at radius 1 is 1.48 bits per heavy atom. The highest BCUT2D eigenvalue weighted by Gasteiger charge is 2.06. The molecule has 1 amide bonds. The number of carbonyl (C=O) groups is 1. The molecule has 21 heavy (non-hydrogen) atoms. The highest BCUT2D eigenvalue weighted by atomic mass is 32.1. The lowest BCUT2D eigenvalue weighted by molar-refractivity contribution is 0.0954. The summed E-state index contributed by atoms with van der Waals surface area (Å²) in [5.74, 6) is 5.60. The predicted molar refractivity (Wildman–Crippen MR) is 85.3 cm³/mol. The Hall–Kier alpha value is -2.16. The first-order valence-electron chi connectivity index (χ1n) is 6.67. The molecule has 108 valence electrons. The maximum absolute atomic E-state index is 12.1. The second-order valence-corrected chi connectivity index (χ2v) is 5.51. The molecule has 0 unspecified atom stereocenters. The molecule has 0 aliphatic carbocycles. The third-order valence-electron chi connectivity index (χ3n) is 2.79. The van der Waals surface area contributed by atoms with Gasteiger partial charge in [-0.05, 0) is 25.1 Å². The lowest BCUT2D eigenvalue weighted by atomic mass is 10.1. The first-order chi connectivity index (χ1) is 10.2. The van der Waals surface area contributed by atoms with Crippen molar-refractivity contribution in [2.24, 2.45) is 5.73 Å². The van der Waals surface area contributed by atoms with Crippen LogP contribution in [0.25, 0.3) is 0 Å². The molecule has 0 fully saturated rings. The van der Waals surface area contributed by atoms with Crippen LogP contribution in [0.3, 0.4) is 0 Å². The van der Waals surface area contributed by atoms with E-state index in [2.05, 4.69) is 22.1 Å². The Bertz CT molecular complexity index is 682. The zero-order valence-electron chi connectivity index (χ0n) is 11.8. The lowest BCUT2D eigenvalue weighted by Gasteiger charge is -2.04. The van der Waals surface area contributed by atoms with Crippen molar-refractivity contribution in [1.82, 2.24) is 10.3 Å². The molecule has 1 aromatic heterocycles. The molecule has 2 aromatic rings. The Labute approximate surface area is 128 Å². The van der Waals surface area contributed by atoms with Crippen molar-refractivity contribution in [3.63, 3.8) is 0 Å². The van der Waals surface area contributed by atoms with Crippen LogP contribution < -0.4 is 11.1 Å². The predicted octanol–water partition coefficient (Wildman–Crippen LogP) is 1.73. The van der Waals surface area contributed by atoms with Gasteiger partial charge in [-0.25, -0.2) is 4.98 Å². The molecule has 0 aliphatic rings. The fourth-order valence-corrected chi connectivity index (χ4v) is 2.47. The second kappa shape index (κ2) is 7.58. The van der Waals surface area contributed by atoms with Crippen molar-refractivity contribution in [2.75, 3.05) is 13.1 Å².